The van der Waals surface area contributed by atoms with Gasteiger partial charge >= 0.3 is 0 Å². The maximum Gasteiger partial charge on any atom is 0.174 e. The van der Waals surface area contributed by atoms with Gasteiger partial charge in [0.2, 0.25) is 0 Å². The first-order valence-electron chi connectivity index (χ1n) is 9.96. The average molecular weight is 389 g/mol. The van der Waals surface area contributed by atoms with Gasteiger partial charge in [0.1, 0.15) is 5.82 Å². The fourth-order valence-electron chi connectivity index (χ4n) is 3.60. The molecule has 1 aliphatic rings. The van der Waals surface area contributed by atoms with Crippen LogP contribution in [0.2, 0.25) is 0 Å². The molecule has 0 unspecified atom stereocenters. The summed E-state index contributed by atoms with van der Waals surface area (Å²) in [6.07, 6.45) is 12.2. The highest BCUT2D eigenvalue weighted by Crippen LogP contribution is 2.23. The summed E-state index contributed by atoms with van der Waals surface area (Å²) in [6.45, 7) is 6.78. The van der Waals surface area contributed by atoms with Gasteiger partial charge in [-0.15, -0.1) is 0 Å². The number of aryl methyl sites for hydroxylation is 1. The highest BCUT2D eigenvalue weighted by atomic mass is 15.3. The van der Waals surface area contributed by atoms with Crippen molar-refractivity contribution in [3.63, 3.8) is 0 Å². The monoisotopic (exact) mass is 389 g/mol. The molecular weight excluding hydrogens is 366 g/mol. The minimum Gasteiger partial charge on any atom is -0.354 e. The molecule has 4 aromatic heterocycles. The van der Waals surface area contributed by atoms with E-state index in [1.807, 2.05) is 46.4 Å². The van der Waals surface area contributed by atoms with Gasteiger partial charge in [-0.1, -0.05) is 0 Å². The molecule has 5 rings (SSSR count). The topological polar surface area (TPSA) is 89.6 Å². The third-order valence-corrected chi connectivity index (χ3v) is 5.20. The molecular formula is C20H23N9. The van der Waals surface area contributed by atoms with Crippen LogP contribution >= 0.6 is 0 Å². The van der Waals surface area contributed by atoms with Crippen molar-refractivity contribution >= 4 is 16.7 Å². The predicted octanol–water partition coefficient (Wildman–Crippen LogP) is 1.89. The Bertz CT molecular complexity index is 1120. The van der Waals surface area contributed by atoms with Crippen molar-refractivity contribution in [3.05, 3.63) is 43.2 Å². The second-order valence-corrected chi connectivity index (χ2v) is 7.10. The summed E-state index contributed by atoms with van der Waals surface area (Å²) in [5.74, 6) is 1.59. The van der Waals surface area contributed by atoms with E-state index in [0.29, 0.717) is 5.82 Å². The van der Waals surface area contributed by atoms with E-state index < -0.39 is 0 Å². The van der Waals surface area contributed by atoms with Crippen LogP contribution in [0.25, 0.3) is 28.0 Å². The van der Waals surface area contributed by atoms with Crippen LogP contribution in [-0.2, 0) is 6.54 Å². The highest BCUT2D eigenvalue weighted by Gasteiger charge is 2.14. The number of nitrogens with zero attached hydrogens (tertiary/aromatic N) is 8. The first kappa shape index (κ1) is 17.7. The van der Waals surface area contributed by atoms with Crippen molar-refractivity contribution < 1.29 is 0 Å². The molecule has 0 bridgehead atoms. The molecule has 0 spiro atoms. The van der Waals surface area contributed by atoms with Crippen LogP contribution in [0.3, 0.4) is 0 Å². The van der Waals surface area contributed by atoms with Crippen LogP contribution in [0, 0.1) is 0 Å². The van der Waals surface area contributed by atoms with E-state index in [-0.39, 0.29) is 0 Å². The average Bonchev–Trinajstić information content (AvgIpc) is 3.32. The fourth-order valence-corrected chi connectivity index (χ4v) is 3.60. The normalized spacial score (nSPS) is 15.0. The standard InChI is InChI=1S/C20H23N9/c1-2-28-14-16(11-24-28)17-8-18-15(9-23-17)10-25-29(18)20-13-22-12-19(26-20)27-6-3-4-21-5-7-27/h8-14,21H,2-7H2,1H3. The smallest absolute Gasteiger partial charge is 0.174 e. The SMILES string of the molecule is CCn1cc(-c2cc3c(cn2)cnn3-c2cncc(N3CCCNCC3)n2)cn1. The molecule has 4 aromatic rings. The molecule has 148 valence electrons. The summed E-state index contributed by atoms with van der Waals surface area (Å²) in [4.78, 5) is 16.1. The number of aromatic nitrogens is 7. The van der Waals surface area contributed by atoms with Crippen molar-refractivity contribution in [2.75, 3.05) is 31.1 Å². The third-order valence-electron chi connectivity index (χ3n) is 5.20. The van der Waals surface area contributed by atoms with Crippen molar-refractivity contribution in [2.24, 2.45) is 0 Å². The van der Waals surface area contributed by atoms with Crippen LogP contribution in [-0.4, -0.2) is 60.7 Å². The number of rotatable bonds is 4. The Morgan fingerprint density at radius 2 is 1.93 bits per heavy atom. The van der Waals surface area contributed by atoms with Crippen molar-refractivity contribution in [2.45, 2.75) is 19.9 Å². The summed E-state index contributed by atoms with van der Waals surface area (Å²) >= 11 is 0. The van der Waals surface area contributed by atoms with E-state index in [9.17, 15) is 0 Å². The Morgan fingerprint density at radius 3 is 2.83 bits per heavy atom. The summed E-state index contributed by atoms with van der Waals surface area (Å²) in [6, 6.07) is 2.03. The molecule has 5 heterocycles. The van der Waals surface area contributed by atoms with E-state index in [0.717, 1.165) is 67.1 Å². The Kier molecular flexibility index (Phi) is 4.65. The maximum absolute atomic E-state index is 4.85. The van der Waals surface area contributed by atoms with E-state index in [1.54, 1.807) is 6.20 Å². The number of fused-ring (bicyclic) bond motifs is 1. The lowest BCUT2D eigenvalue weighted by molar-refractivity contribution is 0.660. The zero-order valence-corrected chi connectivity index (χ0v) is 16.4. The van der Waals surface area contributed by atoms with Gasteiger partial charge in [0.15, 0.2) is 5.82 Å². The van der Waals surface area contributed by atoms with Crippen LogP contribution in [0.1, 0.15) is 13.3 Å². The van der Waals surface area contributed by atoms with Crippen molar-refractivity contribution in [3.8, 4) is 17.1 Å². The van der Waals surface area contributed by atoms with Gasteiger partial charge in [0.05, 0.1) is 36.0 Å². The molecule has 0 atom stereocenters. The summed E-state index contributed by atoms with van der Waals surface area (Å²) in [5.41, 5.74) is 2.79. The number of hydrogen-bond acceptors (Lipinski definition) is 7. The zero-order valence-electron chi connectivity index (χ0n) is 16.4. The molecule has 0 aromatic carbocycles. The van der Waals surface area contributed by atoms with Crippen LogP contribution in [0.5, 0.6) is 0 Å². The Hall–Kier alpha value is -3.33. The largest absolute Gasteiger partial charge is 0.354 e. The lowest BCUT2D eigenvalue weighted by Crippen LogP contribution is -2.29. The molecule has 9 nitrogen and oxygen atoms in total. The quantitative estimate of drug-likeness (QED) is 0.570. The van der Waals surface area contributed by atoms with E-state index in [4.69, 9.17) is 4.98 Å². The van der Waals surface area contributed by atoms with Gasteiger partial charge in [0, 0.05) is 49.5 Å². The minimum atomic E-state index is 0.705. The van der Waals surface area contributed by atoms with Crippen molar-refractivity contribution in [1.29, 1.82) is 0 Å². The summed E-state index contributed by atoms with van der Waals surface area (Å²) in [5, 5.41) is 13.3. The van der Waals surface area contributed by atoms with Crippen molar-refractivity contribution in [1.82, 2.24) is 39.8 Å². The molecule has 9 heteroatoms. The minimum absolute atomic E-state index is 0.705. The molecule has 1 fully saturated rings. The second-order valence-electron chi connectivity index (χ2n) is 7.10. The van der Waals surface area contributed by atoms with Gasteiger partial charge in [-0.25, -0.2) is 9.67 Å². The predicted molar refractivity (Wildman–Crippen MR) is 111 cm³/mol. The van der Waals surface area contributed by atoms with Crippen LogP contribution in [0.4, 0.5) is 5.82 Å². The Morgan fingerprint density at radius 1 is 1.00 bits per heavy atom. The first-order chi connectivity index (χ1) is 14.3. The zero-order chi connectivity index (χ0) is 19.6. The molecule has 0 aliphatic carbocycles. The molecule has 0 amide bonds. The van der Waals surface area contributed by atoms with Gasteiger partial charge in [-0.05, 0) is 26.0 Å². The number of pyridine rings is 1. The van der Waals surface area contributed by atoms with E-state index in [1.165, 1.54) is 0 Å². The second kappa shape index (κ2) is 7.59. The maximum atomic E-state index is 4.85. The van der Waals surface area contributed by atoms with Crippen LogP contribution < -0.4 is 10.2 Å². The Balaban J connectivity index is 1.53. The van der Waals surface area contributed by atoms with Gasteiger partial charge in [-0.2, -0.15) is 10.2 Å². The third kappa shape index (κ3) is 3.44. The number of anilines is 1. The first-order valence-corrected chi connectivity index (χ1v) is 9.96. The van der Waals surface area contributed by atoms with Gasteiger partial charge in [0.25, 0.3) is 0 Å². The summed E-state index contributed by atoms with van der Waals surface area (Å²) in [7, 11) is 0. The number of nitrogens with one attached hydrogen (secondary N) is 1. The lowest BCUT2D eigenvalue weighted by Gasteiger charge is -2.21. The molecule has 0 radical (unpaired) electrons. The number of hydrogen-bond donors (Lipinski definition) is 1. The molecule has 0 saturated carbocycles. The van der Waals surface area contributed by atoms with Gasteiger partial charge < -0.3 is 10.2 Å². The molecule has 1 saturated heterocycles. The highest BCUT2D eigenvalue weighted by molar-refractivity contribution is 5.82. The van der Waals surface area contributed by atoms with E-state index in [2.05, 4.69) is 37.3 Å². The van der Waals surface area contributed by atoms with Crippen LogP contribution in [0.15, 0.2) is 43.2 Å². The van der Waals surface area contributed by atoms with Gasteiger partial charge in [-0.3, -0.25) is 14.6 Å². The lowest BCUT2D eigenvalue weighted by atomic mass is 10.2. The molecule has 29 heavy (non-hydrogen) atoms. The summed E-state index contributed by atoms with van der Waals surface area (Å²) < 4.78 is 3.72. The molecule has 1 aliphatic heterocycles. The fraction of sp³-hybridized carbons (Fsp3) is 0.350. The van der Waals surface area contributed by atoms with E-state index >= 15 is 0 Å². The Labute approximate surface area is 168 Å². The molecule has 1 N–H and O–H groups in total.